The molecule has 0 bridgehead atoms. The Kier molecular flexibility index (Phi) is 4.87. The molecule has 0 unspecified atom stereocenters. The fourth-order valence-corrected chi connectivity index (χ4v) is 2.27. The molecule has 1 aromatic heterocycles. The Hall–Kier alpha value is -1.72. The quantitative estimate of drug-likeness (QED) is 0.912. The minimum atomic E-state index is -0.988. The number of benzene rings is 1. The molecular formula is C15H15BrN2O2. The zero-order valence-corrected chi connectivity index (χ0v) is 12.7. The molecule has 0 aliphatic carbocycles. The Balaban J connectivity index is 2.06. The third-order valence-electron chi connectivity index (χ3n) is 2.90. The van der Waals surface area contributed by atoms with Crippen LogP contribution in [0.3, 0.4) is 0 Å². The predicted molar refractivity (Wildman–Crippen MR) is 80.5 cm³/mol. The van der Waals surface area contributed by atoms with E-state index in [1.54, 1.807) is 12.1 Å². The van der Waals surface area contributed by atoms with Crippen LogP contribution in [-0.4, -0.2) is 28.0 Å². The maximum absolute atomic E-state index is 11.1. The van der Waals surface area contributed by atoms with Crippen LogP contribution in [0.5, 0.6) is 0 Å². The van der Waals surface area contributed by atoms with Gasteiger partial charge in [0.15, 0.2) is 5.69 Å². The lowest BCUT2D eigenvalue weighted by atomic mass is 10.1. The SMILES string of the molecule is CN(Cc1ccc(Br)cc1)Cc1cccnc1C(=O)O. The fourth-order valence-electron chi connectivity index (χ4n) is 2.01. The summed E-state index contributed by atoms with van der Waals surface area (Å²) in [7, 11) is 1.96. The van der Waals surface area contributed by atoms with Gasteiger partial charge in [-0.3, -0.25) is 4.90 Å². The molecule has 2 rings (SSSR count). The van der Waals surface area contributed by atoms with Crippen molar-refractivity contribution in [1.82, 2.24) is 9.88 Å². The molecular weight excluding hydrogens is 320 g/mol. The number of nitrogens with zero attached hydrogens (tertiary/aromatic N) is 2. The van der Waals surface area contributed by atoms with E-state index in [1.807, 2.05) is 31.3 Å². The second kappa shape index (κ2) is 6.63. The molecule has 0 radical (unpaired) electrons. The van der Waals surface area contributed by atoms with Crippen LogP contribution in [0.4, 0.5) is 0 Å². The monoisotopic (exact) mass is 334 g/mol. The first-order valence-electron chi connectivity index (χ1n) is 6.16. The summed E-state index contributed by atoms with van der Waals surface area (Å²) in [6, 6.07) is 11.6. The Bertz CT molecular complexity index is 599. The number of aromatic nitrogens is 1. The summed E-state index contributed by atoms with van der Waals surface area (Å²) in [5, 5.41) is 9.11. The van der Waals surface area contributed by atoms with Gasteiger partial charge in [0, 0.05) is 23.8 Å². The van der Waals surface area contributed by atoms with Gasteiger partial charge in [0.1, 0.15) is 0 Å². The van der Waals surface area contributed by atoms with Crippen molar-refractivity contribution in [1.29, 1.82) is 0 Å². The molecule has 0 saturated carbocycles. The largest absolute Gasteiger partial charge is 0.477 e. The van der Waals surface area contributed by atoms with Gasteiger partial charge in [-0.2, -0.15) is 0 Å². The molecule has 4 nitrogen and oxygen atoms in total. The third-order valence-corrected chi connectivity index (χ3v) is 3.43. The first-order chi connectivity index (χ1) is 9.56. The van der Waals surface area contributed by atoms with Crippen LogP contribution in [0, 0.1) is 0 Å². The van der Waals surface area contributed by atoms with Gasteiger partial charge in [0.2, 0.25) is 0 Å². The number of aromatic carboxylic acids is 1. The minimum Gasteiger partial charge on any atom is -0.477 e. The van der Waals surface area contributed by atoms with Gasteiger partial charge >= 0.3 is 5.97 Å². The third kappa shape index (κ3) is 3.88. The topological polar surface area (TPSA) is 53.4 Å². The summed E-state index contributed by atoms with van der Waals surface area (Å²) < 4.78 is 1.05. The van der Waals surface area contributed by atoms with E-state index >= 15 is 0 Å². The Morgan fingerprint density at radius 3 is 2.60 bits per heavy atom. The van der Waals surface area contributed by atoms with Crippen molar-refractivity contribution in [3.05, 3.63) is 63.9 Å². The highest BCUT2D eigenvalue weighted by atomic mass is 79.9. The zero-order valence-electron chi connectivity index (χ0n) is 11.1. The van der Waals surface area contributed by atoms with Crippen LogP contribution in [-0.2, 0) is 13.1 Å². The van der Waals surface area contributed by atoms with E-state index in [0.717, 1.165) is 16.6 Å². The first-order valence-corrected chi connectivity index (χ1v) is 6.96. The summed E-state index contributed by atoms with van der Waals surface area (Å²) in [5.41, 5.74) is 2.02. The molecule has 0 atom stereocenters. The number of carboxylic acid groups (broad SMARTS) is 1. The first kappa shape index (κ1) is 14.7. The van der Waals surface area contributed by atoms with Gasteiger partial charge < -0.3 is 5.11 Å². The molecule has 1 aromatic carbocycles. The van der Waals surface area contributed by atoms with Crippen molar-refractivity contribution >= 4 is 21.9 Å². The zero-order chi connectivity index (χ0) is 14.5. The molecule has 104 valence electrons. The summed E-state index contributed by atoms with van der Waals surface area (Å²) in [5.74, 6) is -0.988. The lowest BCUT2D eigenvalue weighted by Crippen LogP contribution is -2.19. The molecule has 0 amide bonds. The van der Waals surface area contributed by atoms with Gasteiger partial charge in [-0.25, -0.2) is 9.78 Å². The number of halogens is 1. The molecule has 0 saturated heterocycles. The van der Waals surface area contributed by atoms with E-state index in [2.05, 4.69) is 25.8 Å². The standard InChI is InChI=1S/C15H15BrN2O2/c1-18(9-11-4-6-13(16)7-5-11)10-12-3-2-8-17-14(12)15(19)20/h2-8H,9-10H2,1H3,(H,19,20). The normalized spacial score (nSPS) is 10.8. The number of rotatable bonds is 5. The average molecular weight is 335 g/mol. The molecule has 0 aliphatic rings. The van der Waals surface area contributed by atoms with E-state index < -0.39 is 5.97 Å². The van der Waals surface area contributed by atoms with Crippen molar-refractivity contribution in [2.75, 3.05) is 7.05 Å². The summed E-state index contributed by atoms with van der Waals surface area (Å²) in [6.45, 7) is 1.30. The number of carboxylic acids is 1. The Morgan fingerprint density at radius 1 is 1.25 bits per heavy atom. The van der Waals surface area contributed by atoms with E-state index in [-0.39, 0.29) is 5.69 Å². The van der Waals surface area contributed by atoms with Gasteiger partial charge in [-0.1, -0.05) is 34.1 Å². The van der Waals surface area contributed by atoms with E-state index in [4.69, 9.17) is 5.11 Å². The second-order valence-corrected chi connectivity index (χ2v) is 5.53. The second-order valence-electron chi connectivity index (χ2n) is 4.62. The van der Waals surface area contributed by atoms with Gasteiger partial charge in [-0.15, -0.1) is 0 Å². The highest BCUT2D eigenvalue weighted by molar-refractivity contribution is 9.10. The average Bonchev–Trinajstić information content (AvgIpc) is 2.41. The number of pyridine rings is 1. The highest BCUT2D eigenvalue weighted by Crippen LogP contribution is 2.14. The van der Waals surface area contributed by atoms with E-state index in [0.29, 0.717) is 6.54 Å². The van der Waals surface area contributed by atoms with Crippen LogP contribution in [0.1, 0.15) is 21.6 Å². The summed E-state index contributed by atoms with van der Waals surface area (Å²) in [6.07, 6.45) is 1.50. The van der Waals surface area contributed by atoms with Crippen LogP contribution >= 0.6 is 15.9 Å². The smallest absolute Gasteiger partial charge is 0.354 e. The van der Waals surface area contributed by atoms with Crippen molar-refractivity contribution in [3.8, 4) is 0 Å². The summed E-state index contributed by atoms with van der Waals surface area (Å²) >= 11 is 3.40. The highest BCUT2D eigenvalue weighted by Gasteiger charge is 2.12. The molecule has 20 heavy (non-hydrogen) atoms. The fraction of sp³-hybridized carbons (Fsp3) is 0.200. The maximum Gasteiger partial charge on any atom is 0.354 e. The number of hydrogen-bond donors (Lipinski definition) is 1. The van der Waals surface area contributed by atoms with E-state index in [1.165, 1.54) is 11.8 Å². The van der Waals surface area contributed by atoms with Crippen molar-refractivity contribution < 1.29 is 9.90 Å². The van der Waals surface area contributed by atoms with Gasteiger partial charge in [0.05, 0.1) is 0 Å². The number of carbonyl (C=O) groups is 1. The molecule has 1 N–H and O–H groups in total. The van der Waals surface area contributed by atoms with Crippen LogP contribution in [0.25, 0.3) is 0 Å². The van der Waals surface area contributed by atoms with Gasteiger partial charge in [-0.05, 0) is 36.4 Å². The van der Waals surface area contributed by atoms with E-state index in [9.17, 15) is 4.79 Å². The lowest BCUT2D eigenvalue weighted by molar-refractivity contribution is 0.0688. The molecule has 0 fully saturated rings. The maximum atomic E-state index is 11.1. The van der Waals surface area contributed by atoms with Crippen LogP contribution < -0.4 is 0 Å². The van der Waals surface area contributed by atoms with Crippen molar-refractivity contribution in [2.45, 2.75) is 13.1 Å². The molecule has 2 aromatic rings. The minimum absolute atomic E-state index is 0.121. The Labute approximate surface area is 126 Å². The molecule has 0 aliphatic heterocycles. The van der Waals surface area contributed by atoms with Crippen molar-refractivity contribution in [2.24, 2.45) is 0 Å². The molecule has 1 heterocycles. The van der Waals surface area contributed by atoms with Gasteiger partial charge in [0.25, 0.3) is 0 Å². The van der Waals surface area contributed by atoms with Crippen LogP contribution in [0.2, 0.25) is 0 Å². The van der Waals surface area contributed by atoms with Crippen LogP contribution in [0.15, 0.2) is 47.1 Å². The Morgan fingerprint density at radius 2 is 1.95 bits per heavy atom. The lowest BCUT2D eigenvalue weighted by Gasteiger charge is -2.17. The molecule has 5 heteroatoms. The summed E-state index contributed by atoms with van der Waals surface area (Å²) in [4.78, 5) is 17.1. The number of hydrogen-bond acceptors (Lipinski definition) is 3. The molecule has 0 spiro atoms. The van der Waals surface area contributed by atoms with Crippen molar-refractivity contribution in [3.63, 3.8) is 0 Å². The predicted octanol–water partition coefficient (Wildman–Crippen LogP) is 3.17.